The average molecular weight is 462 g/mol. The van der Waals surface area contributed by atoms with Gasteiger partial charge in [0, 0.05) is 18.5 Å². The molecule has 2 rings (SSSR count). The van der Waals surface area contributed by atoms with Gasteiger partial charge in [-0.15, -0.1) is 0 Å². The second-order valence-corrected chi connectivity index (χ2v) is 7.49. The summed E-state index contributed by atoms with van der Waals surface area (Å²) in [5.74, 6) is 2.37. The number of Topliss-reactive ketones (excluding diaryl/α,β-unsaturated/α-hetero) is 1. The third-order valence-electron chi connectivity index (χ3n) is 5.09. The van der Waals surface area contributed by atoms with E-state index in [1.165, 1.54) is 21.3 Å². The van der Waals surface area contributed by atoms with Crippen LogP contribution >= 0.6 is 0 Å². The summed E-state index contributed by atoms with van der Waals surface area (Å²) in [6, 6.07) is 8.84. The van der Waals surface area contributed by atoms with Crippen LogP contribution < -0.4 is 29.0 Å². The van der Waals surface area contributed by atoms with E-state index in [1.54, 1.807) is 25.3 Å². The van der Waals surface area contributed by atoms with E-state index >= 15 is 0 Å². The van der Waals surface area contributed by atoms with Gasteiger partial charge in [-0.05, 0) is 49.2 Å². The van der Waals surface area contributed by atoms with E-state index < -0.39 is 6.10 Å². The molecule has 0 aliphatic rings. The molecule has 1 atom stereocenters. The van der Waals surface area contributed by atoms with Gasteiger partial charge in [0.2, 0.25) is 5.75 Å². The minimum atomic E-state index is -0.633. The van der Waals surface area contributed by atoms with Crippen molar-refractivity contribution in [3.8, 4) is 28.7 Å². The number of carbonyl (C=O) groups excluding carboxylic acids is 1. The second kappa shape index (κ2) is 13.5. The third kappa shape index (κ3) is 7.54. The first-order valence-corrected chi connectivity index (χ1v) is 11.0. The summed E-state index contributed by atoms with van der Waals surface area (Å²) in [6.45, 7) is 3.51. The molecular weight excluding hydrogens is 426 g/mol. The Hall–Kier alpha value is -2.97. The minimum absolute atomic E-state index is 0.0510. The van der Waals surface area contributed by atoms with Gasteiger partial charge < -0.3 is 34.1 Å². The maximum Gasteiger partial charge on any atom is 0.203 e. The van der Waals surface area contributed by atoms with Crippen LogP contribution in [-0.4, -0.2) is 65.1 Å². The van der Waals surface area contributed by atoms with E-state index in [0.29, 0.717) is 47.3 Å². The van der Waals surface area contributed by atoms with Crippen molar-refractivity contribution in [2.75, 3.05) is 48.1 Å². The van der Waals surface area contributed by atoms with Crippen molar-refractivity contribution in [3.63, 3.8) is 0 Å². The topological polar surface area (TPSA) is 95.5 Å². The Balaban J connectivity index is 2.06. The summed E-state index contributed by atoms with van der Waals surface area (Å²) in [6.07, 6.45) is 1.16. The molecule has 1 unspecified atom stereocenters. The van der Waals surface area contributed by atoms with Crippen LogP contribution in [0, 0.1) is 0 Å². The molecule has 0 saturated heterocycles. The normalized spacial score (nSPS) is 11.6. The van der Waals surface area contributed by atoms with Crippen molar-refractivity contribution in [1.82, 2.24) is 5.32 Å². The molecule has 0 aliphatic heterocycles. The Morgan fingerprint density at radius 1 is 0.939 bits per heavy atom. The molecular formula is C25H35NO7. The highest BCUT2D eigenvalue weighted by atomic mass is 16.5. The van der Waals surface area contributed by atoms with Gasteiger partial charge in [0.25, 0.3) is 0 Å². The fraction of sp³-hybridized carbons (Fsp3) is 0.480. The fourth-order valence-corrected chi connectivity index (χ4v) is 3.32. The summed E-state index contributed by atoms with van der Waals surface area (Å²) < 4.78 is 27.2. The van der Waals surface area contributed by atoms with Gasteiger partial charge in [-0.25, -0.2) is 0 Å². The molecule has 0 bridgehead atoms. The second-order valence-electron chi connectivity index (χ2n) is 7.49. The summed E-state index contributed by atoms with van der Waals surface area (Å²) in [4.78, 5) is 12.9. The molecule has 33 heavy (non-hydrogen) atoms. The van der Waals surface area contributed by atoms with Crippen LogP contribution in [0.2, 0.25) is 0 Å². The molecule has 0 amide bonds. The third-order valence-corrected chi connectivity index (χ3v) is 5.09. The van der Waals surface area contributed by atoms with Crippen molar-refractivity contribution in [2.45, 2.75) is 32.3 Å². The lowest BCUT2D eigenvalue weighted by molar-refractivity contribution is 0.0982. The Morgan fingerprint density at radius 3 is 2.18 bits per heavy atom. The molecule has 0 aliphatic carbocycles. The van der Waals surface area contributed by atoms with Crippen LogP contribution in [0.1, 0.15) is 35.7 Å². The molecule has 2 aromatic carbocycles. The molecule has 2 N–H and O–H groups in total. The predicted octanol–water partition coefficient (Wildman–Crippen LogP) is 3.28. The lowest BCUT2D eigenvalue weighted by Gasteiger charge is -2.16. The minimum Gasteiger partial charge on any atom is -0.493 e. The maximum atomic E-state index is 12.9. The van der Waals surface area contributed by atoms with E-state index in [-0.39, 0.29) is 18.8 Å². The largest absolute Gasteiger partial charge is 0.493 e. The summed E-state index contributed by atoms with van der Waals surface area (Å²) in [7, 11) is 6.11. The standard InChI is InChI=1S/C25H35NO7/c1-6-11-26-15-19(27)16-33-22-12-17(8-10-21(22)29-2)7-9-20(28)18-13-23(30-3)25(32-5)24(14-18)31-4/h8,10,12-14,19,26-27H,6-7,9,11,15-16H2,1-5H3. The van der Waals surface area contributed by atoms with Crippen molar-refractivity contribution >= 4 is 5.78 Å². The number of nitrogens with one attached hydrogen (secondary N) is 1. The highest BCUT2D eigenvalue weighted by Crippen LogP contribution is 2.38. The molecule has 2 aromatic rings. The first-order chi connectivity index (χ1) is 16.0. The Labute approximate surface area is 195 Å². The van der Waals surface area contributed by atoms with E-state index in [1.807, 2.05) is 12.1 Å². The van der Waals surface area contributed by atoms with Gasteiger partial charge in [0.05, 0.1) is 28.4 Å². The number of aryl methyl sites for hydroxylation is 1. The van der Waals surface area contributed by atoms with E-state index in [9.17, 15) is 9.90 Å². The molecule has 182 valence electrons. The predicted molar refractivity (Wildman–Crippen MR) is 126 cm³/mol. The summed E-state index contributed by atoms with van der Waals surface area (Å²) >= 11 is 0. The van der Waals surface area contributed by atoms with E-state index in [0.717, 1.165) is 18.5 Å². The Morgan fingerprint density at radius 2 is 1.61 bits per heavy atom. The average Bonchev–Trinajstić information content (AvgIpc) is 2.85. The number of hydrogen-bond acceptors (Lipinski definition) is 8. The van der Waals surface area contributed by atoms with Crippen LogP contribution in [0.3, 0.4) is 0 Å². The van der Waals surface area contributed by atoms with Crippen molar-refractivity contribution < 1.29 is 33.6 Å². The zero-order chi connectivity index (χ0) is 24.2. The first-order valence-electron chi connectivity index (χ1n) is 11.0. The first kappa shape index (κ1) is 26.3. The van der Waals surface area contributed by atoms with E-state index in [4.69, 9.17) is 23.7 Å². The zero-order valence-electron chi connectivity index (χ0n) is 20.1. The van der Waals surface area contributed by atoms with Gasteiger partial charge in [-0.1, -0.05) is 13.0 Å². The number of ether oxygens (including phenoxy) is 5. The number of rotatable bonds is 15. The van der Waals surface area contributed by atoms with Gasteiger partial charge in [-0.3, -0.25) is 4.79 Å². The quantitative estimate of drug-likeness (QED) is 0.308. The van der Waals surface area contributed by atoms with Crippen LogP contribution in [-0.2, 0) is 6.42 Å². The van der Waals surface area contributed by atoms with Gasteiger partial charge in [-0.2, -0.15) is 0 Å². The highest BCUT2D eigenvalue weighted by molar-refractivity contribution is 5.97. The number of ketones is 1. The Bertz CT molecular complexity index is 875. The van der Waals surface area contributed by atoms with Crippen molar-refractivity contribution in [1.29, 1.82) is 0 Å². The zero-order valence-corrected chi connectivity index (χ0v) is 20.1. The smallest absolute Gasteiger partial charge is 0.203 e. The molecule has 0 aromatic heterocycles. The fourth-order valence-electron chi connectivity index (χ4n) is 3.32. The number of methoxy groups -OCH3 is 4. The van der Waals surface area contributed by atoms with Crippen LogP contribution in [0.25, 0.3) is 0 Å². The van der Waals surface area contributed by atoms with E-state index in [2.05, 4.69) is 12.2 Å². The molecule has 8 heteroatoms. The highest BCUT2D eigenvalue weighted by Gasteiger charge is 2.17. The monoisotopic (exact) mass is 461 g/mol. The van der Waals surface area contributed by atoms with Gasteiger partial charge >= 0.3 is 0 Å². The number of aliphatic hydroxyl groups is 1. The number of hydrogen-bond donors (Lipinski definition) is 2. The van der Waals surface area contributed by atoms with Gasteiger partial charge in [0.1, 0.15) is 12.7 Å². The summed E-state index contributed by atoms with van der Waals surface area (Å²) in [5, 5.41) is 13.3. The van der Waals surface area contributed by atoms with Crippen molar-refractivity contribution in [3.05, 3.63) is 41.5 Å². The Kier molecular flexibility index (Phi) is 10.8. The van der Waals surface area contributed by atoms with Crippen molar-refractivity contribution in [2.24, 2.45) is 0 Å². The number of aliphatic hydroxyl groups excluding tert-OH is 1. The lowest BCUT2D eigenvalue weighted by atomic mass is 10.0. The van der Waals surface area contributed by atoms with Crippen LogP contribution in [0.5, 0.6) is 28.7 Å². The molecule has 0 fully saturated rings. The van der Waals surface area contributed by atoms with Crippen LogP contribution in [0.15, 0.2) is 30.3 Å². The summed E-state index contributed by atoms with van der Waals surface area (Å²) in [5.41, 5.74) is 1.40. The lowest BCUT2D eigenvalue weighted by Crippen LogP contribution is -2.31. The molecule has 8 nitrogen and oxygen atoms in total. The van der Waals surface area contributed by atoms with Crippen LogP contribution in [0.4, 0.5) is 0 Å². The molecule has 0 heterocycles. The maximum absolute atomic E-state index is 12.9. The molecule has 0 saturated carbocycles. The molecule has 0 spiro atoms. The molecule has 0 radical (unpaired) electrons. The number of benzene rings is 2. The van der Waals surface area contributed by atoms with Gasteiger partial charge in [0.15, 0.2) is 28.8 Å². The number of carbonyl (C=O) groups is 1. The SMILES string of the molecule is CCCNCC(O)COc1cc(CCC(=O)c2cc(OC)c(OC)c(OC)c2)ccc1OC.